The van der Waals surface area contributed by atoms with Crippen molar-refractivity contribution < 1.29 is 24.5 Å². The molecule has 1 aromatic rings. The van der Waals surface area contributed by atoms with Gasteiger partial charge in [0.25, 0.3) is 5.91 Å². The minimum Gasteiger partial charge on any atom is -0.508 e. The summed E-state index contributed by atoms with van der Waals surface area (Å²) >= 11 is 0. The molecule has 1 saturated carbocycles. The number of aromatic hydroxyl groups is 2. The third-order valence-electron chi connectivity index (χ3n) is 3.02. The molecule has 1 fully saturated rings. The molecule has 0 aliphatic heterocycles. The van der Waals surface area contributed by atoms with Gasteiger partial charge in [0.15, 0.2) is 6.61 Å². The maximum Gasteiger partial charge on any atom is 0.342 e. The lowest BCUT2D eigenvalue weighted by Gasteiger charge is -2.16. The first-order valence-corrected chi connectivity index (χ1v) is 5.94. The van der Waals surface area contributed by atoms with Crippen molar-refractivity contribution in [2.24, 2.45) is 0 Å². The second-order valence-electron chi connectivity index (χ2n) is 4.51. The second kappa shape index (κ2) is 5.17. The largest absolute Gasteiger partial charge is 0.508 e. The molecule has 6 heteroatoms. The van der Waals surface area contributed by atoms with E-state index in [1.807, 2.05) is 0 Å². The molecule has 1 aliphatic carbocycles. The number of esters is 1. The fraction of sp³-hybridized carbons (Fsp3) is 0.385. The zero-order valence-corrected chi connectivity index (χ0v) is 10.5. The topological polar surface area (TPSA) is 87.1 Å². The minimum absolute atomic E-state index is 0.0836. The van der Waals surface area contributed by atoms with Gasteiger partial charge in [-0.3, -0.25) is 4.79 Å². The summed E-state index contributed by atoms with van der Waals surface area (Å²) in [5, 5.41) is 18.6. The van der Waals surface area contributed by atoms with Crippen LogP contribution in [0.3, 0.4) is 0 Å². The summed E-state index contributed by atoms with van der Waals surface area (Å²) in [6, 6.07) is 3.79. The Hall–Kier alpha value is -2.24. The summed E-state index contributed by atoms with van der Waals surface area (Å²) in [7, 11) is 1.67. The Morgan fingerprint density at radius 2 is 2.05 bits per heavy atom. The summed E-state index contributed by atoms with van der Waals surface area (Å²) in [5.74, 6) is -1.60. The van der Waals surface area contributed by atoms with Crippen LogP contribution in [0, 0.1) is 0 Å². The van der Waals surface area contributed by atoms with E-state index < -0.39 is 5.97 Å². The van der Waals surface area contributed by atoms with Gasteiger partial charge in [-0.05, 0) is 25.0 Å². The van der Waals surface area contributed by atoms with Crippen molar-refractivity contribution in [2.75, 3.05) is 13.7 Å². The fourth-order valence-corrected chi connectivity index (χ4v) is 1.66. The van der Waals surface area contributed by atoms with Crippen molar-refractivity contribution in [1.29, 1.82) is 0 Å². The number of benzene rings is 1. The predicted octanol–water partition coefficient (Wildman–Crippen LogP) is 0.875. The molecule has 1 aliphatic rings. The third kappa shape index (κ3) is 3.15. The fourth-order valence-electron chi connectivity index (χ4n) is 1.66. The van der Waals surface area contributed by atoms with E-state index in [2.05, 4.69) is 0 Å². The van der Waals surface area contributed by atoms with Gasteiger partial charge in [-0.25, -0.2) is 4.79 Å². The Bertz CT molecular complexity index is 510. The summed E-state index contributed by atoms with van der Waals surface area (Å²) < 4.78 is 4.84. The van der Waals surface area contributed by atoms with Gasteiger partial charge in [-0.1, -0.05) is 0 Å². The molecule has 0 radical (unpaired) electrons. The highest BCUT2D eigenvalue weighted by Crippen LogP contribution is 2.26. The van der Waals surface area contributed by atoms with Crippen molar-refractivity contribution in [3.05, 3.63) is 23.8 Å². The molecule has 0 heterocycles. The molecule has 1 aromatic carbocycles. The minimum atomic E-state index is -0.796. The summed E-state index contributed by atoms with van der Waals surface area (Å²) in [4.78, 5) is 24.9. The van der Waals surface area contributed by atoms with Gasteiger partial charge in [-0.2, -0.15) is 0 Å². The number of nitrogens with zero attached hydrogens (tertiary/aromatic N) is 1. The second-order valence-corrected chi connectivity index (χ2v) is 4.51. The van der Waals surface area contributed by atoms with Crippen LogP contribution in [0.5, 0.6) is 11.5 Å². The number of hydrogen-bond acceptors (Lipinski definition) is 5. The Morgan fingerprint density at radius 3 is 2.63 bits per heavy atom. The van der Waals surface area contributed by atoms with Crippen LogP contribution in [0.4, 0.5) is 0 Å². The molecule has 0 aromatic heterocycles. The Morgan fingerprint density at radius 1 is 1.37 bits per heavy atom. The maximum absolute atomic E-state index is 11.7. The van der Waals surface area contributed by atoms with Gasteiger partial charge in [0.05, 0.1) is 0 Å². The molecule has 2 N–H and O–H groups in total. The highest BCUT2D eigenvalue weighted by molar-refractivity contribution is 5.94. The number of amides is 1. The van der Waals surface area contributed by atoms with Gasteiger partial charge in [0.2, 0.25) is 0 Å². The van der Waals surface area contributed by atoms with Crippen LogP contribution in [0.1, 0.15) is 23.2 Å². The number of rotatable bonds is 4. The highest BCUT2D eigenvalue weighted by Gasteiger charge is 2.30. The molecule has 0 bridgehead atoms. The van der Waals surface area contributed by atoms with E-state index in [0.29, 0.717) is 0 Å². The molecule has 102 valence electrons. The smallest absolute Gasteiger partial charge is 0.342 e. The standard InChI is InChI=1S/C13H15NO5/c1-14(8-2-3-8)12(17)7-19-13(18)10-5-4-9(15)6-11(10)16/h4-6,8,15-16H,2-3,7H2,1H3. The van der Waals surface area contributed by atoms with E-state index in [9.17, 15) is 14.7 Å². The van der Waals surface area contributed by atoms with Crippen LogP contribution in [-0.2, 0) is 9.53 Å². The van der Waals surface area contributed by atoms with Gasteiger partial charge in [0, 0.05) is 19.2 Å². The van der Waals surface area contributed by atoms with Gasteiger partial charge >= 0.3 is 5.97 Å². The molecule has 0 atom stereocenters. The van der Waals surface area contributed by atoms with E-state index in [-0.39, 0.29) is 35.6 Å². The predicted molar refractivity (Wildman–Crippen MR) is 65.8 cm³/mol. The molecule has 19 heavy (non-hydrogen) atoms. The van der Waals surface area contributed by atoms with E-state index in [1.54, 1.807) is 11.9 Å². The van der Waals surface area contributed by atoms with Crippen molar-refractivity contribution >= 4 is 11.9 Å². The lowest BCUT2D eigenvalue weighted by molar-refractivity contribution is -0.133. The SMILES string of the molecule is CN(C(=O)COC(=O)c1ccc(O)cc1O)C1CC1. The summed E-state index contributed by atoms with van der Waals surface area (Å²) in [6.45, 7) is -0.355. The quantitative estimate of drug-likeness (QED) is 0.789. The lowest BCUT2D eigenvalue weighted by atomic mass is 10.2. The maximum atomic E-state index is 11.7. The summed E-state index contributed by atoms with van der Waals surface area (Å²) in [5.41, 5.74) is -0.0836. The number of phenols is 2. The van der Waals surface area contributed by atoms with Gasteiger partial charge in [-0.15, -0.1) is 0 Å². The van der Waals surface area contributed by atoms with E-state index in [0.717, 1.165) is 18.9 Å². The van der Waals surface area contributed by atoms with Crippen LogP contribution in [-0.4, -0.2) is 46.7 Å². The monoisotopic (exact) mass is 265 g/mol. The van der Waals surface area contributed by atoms with Gasteiger partial charge < -0.3 is 19.8 Å². The van der Waals surface area contributed by atoms with Crippen LogP contribution in [0.2, 0.25) is 0 Å². The molecule has 6 nitrogen and oxygen atoms in total. The first kappa shape index (κ1) is 13.2. The van der Waals surface area contributed by atoms with Crippen molar-refractivity contribution in [3.8, 4) is 11.5 Å². The number of phenolic OH excluding ortho intramolecular Hbond substituents is 2. The van der Waals surface area contributed by atoms with Crippen molar-refractivity contribution in [3.63, 3.8) is 0 Å². The van der Waals surface area contributed by atoms with E-state index in [1.165, 1.54) is 12.1 Å². The Labute approximate surface area is 110 Å². The van der Waals surface area contributed by atoms with E-state index in [4.69, 9.17) is 9.84 Å². The first-order valence-electron chi connectivity index (χ1n) is 5.94. The van der Waals surface area contributed by atoms with Crippen LogP contribution >= 0.6 is 0 Å². The number of ether oxygens (including phenoxy) is 1. The molecule has 0 unspecified atom stereocenters. The lowest BCUT2D eigenvalue weighted by Crippen LogP contribution is -2.32. The Balaban J connectivity index is 1.91. The van der Waals surface area contributed by atoms with E-state index >= 15 is 0 Å². The zero-order chi connectivity index (χ0) is 14.0. The van der Waals surface area contributed by atoms with Crippen LogP contribution in [0.15, 0.2) is 18.2 Å². The van der Waals surface area contributed by atoms with Crippen molar-refractivity contribution in [1.82, 2.24) is 4.90 Å². The highest BCUT2D eigenvalue weighted by atomic mass is 16.5. The van der Waals surface area contributed by atoms with Crippen molar-refractivity contribution in [2.45, 2.75) is 18.9 Å². The molecule has 2 rings (SSSR count). The molecular formula is C13H15NO5. The zero-order valence-electron chi connectivity index (χ0n) is 10.5. The average molecular weight is 265 g/mol. The molecule has 0 saturated heterocycles. The molecular weight excluding hydrogens is 250 g/mol. The first-order chi connectivity index (χ1) is 8.99. The normalized spacial score (nSPS) is 13.9. The van der Waals surface area contributed by atoms with Crippen LogP contribution < -0.4 is 0 Å². The summed E-state index contributed by atoms with van der Waals surface area (Å²) in [6.07, 6.45) is 1.96. The molecule has 1 amide bonds. The Kier molecular flexibility index (Phi) is 3.59. The number of carbonyl (C=O) groups is 2. The number of hydrogen-bond donors (Lipinski definition) is 2. The average Bonchev–Trinajstić information content (AvgIpc) is 3.18. The number of likely N-dealkylation sites (N-methyl/N-ethyl adjacent to an activating group) is 1. The third-order valence-corrected chi connectivity index (χ3v) is 3.02. The number of carbonyl (C=O) groups excluding carboxylic acids is 2. The molecule has 0 spiro atoms. The van der Waals surface area contributed by atoms with Crippen LogP contribution in [0.25, 0.3) is 0 Å². The van der Waals surface area contributed by atoms with Gasteiger partial charge in [0.1, 0.15) is 17.1 Å².